The number of hydrogen-bond acceptors (Lipinski definition) is 2. The van der Waals surface area contributed by atoms with Gasteiger partial charge in [-0.15, -0.1) is 0 Å². The molecule has 0 aromatic rings. The molecule has 0 aromatic carbocycles. The van der Waals surface area contributed by atoms with Crippen LogP contribution < -0.4 is 0 Å². The molecule has 1 saturated carbocycles. The van der Waals surface area contributed by atoms with Gasteiger partial charge in [-0.05, 0) is 26.7 Å². The zero-order valence-corrected chi connectivity index (χ0v) is 10.1. The van der Waals surface area contributed by atoms with E-state index >= 15 is 0 Å². The van der Waals surface area contributed by atoms with Crippen LogP contribution in [0.5, 0.6) is 0 Å². The summed E-state index contributed by atoms with van der Waals surface area (Å²) in [5.41, 5.74) is -0.436. The topological polar surface area (TPSA) is 40.5 Å². The van der Waals surface area contributed by atoms with E-state index in [0.717, 1.165) is 12.8 Å². The van der Waals surface area contributed by atoms with Crippen molar-refractivity contribution in [3.05, 3.63) is 0 Å². The zero-order valence-electron chi connectivity index (χ0n) is 10.1. The van der Waals surface area contributed by atoms with Gasteiger partial charge >= 0.3 is 0 Å². The molecule has 0 radical (unpaired) electrons. The van der Waals surface area contributed by atoms with Crippen LogP contribution in [0.3, 0.4) is 0 Å². The highest BCUT2D eigenvalue weighted by molar-refractivity contribution is 5.79. The monoisotopic (exact) mass is 213 g/mol. The summed E-state index contributed by atoms with van der Waals surface area (Å²) in [5, 5.41) is 9.22. The van der Waals surface area contributed by atoms with Crippen LogP contribution >= 0.6 is 0 Å². The first kappa shape index (κ1) is 12.5. The fourth-order valence-electron chi connectivity index (χ4n) is 2.03. The quantitative estimate of drug-likeness (QED) is 0.776. The minimum absolute atomic E-state index is 0.0158. The van der Waals surface area contributed by atoms with E-state index < -0.39 is 5.54 Å². The third kappa shape index (κ3) is 2.94. The maximum atomic E-state index is 12.1. The van der Waals surface area contributed by atoms with Crippen molar-refractivity contribution in [3.8, 4) is 0 Å². The van der Waals surface area contributed by atoms with Gasteiger partial charge in [0.2, 0.25) is 5.91 Å². The predicted octanol–water partition coefficient (Wildman–Crippen LogP) is 1.80. The first-order valence-corrected chi connectivity index (χ1v) is 5.87. The van der Waals surface area contributed by atoms with E-state index in [9.17, 15) is 9.90 Å². The lowest BCUT2D eigenvalue weighted by atomic mass is 9.87. The molecule has 3 nitrogen and oxygen atoms in total. The Kier molecular flexibility index (Phi) is 4.14. The number of rotatable bonds is 3. The molecule has 1 N–H and O–H groups in total. The second kappa shape index (κ2) is 4.97. The summed E-state index contributed by atoms with van der Waals surface area (Å²) >= 11 is 0. The average Bonchev–Trinajstić information content (AvgIpc) is 2.28. The fourth-order valence-corrected chi connectivity index (χ4v) is 2.03. The highest BCUT2D eigenvalue weighted by Gasteiger charge is 2.31. The average molecular weight is 213 g/mol. The summed E-state index contributed by atoms with van der Waals surface area (Å²) in [5.74, 6) is 0.392. The van der Waals surface area contributed by atoms with Crippen LogP contribution in [0.25, 0.3) is 0 Å². The van der Waals surface area contributed by atoms with Gasteiger partial charge in [-0.2, -0.15) is 0 Å². The Morgan fingerprint density at radius 2 is 1.87 bits per heavy atom. The molecule has 1 fully saturated rings. The van der Waals surface area contributed by atoms with Crippen molar-refractivity contribution < 1.29 is 9.90 Å². The van der Waals surface area contributed by atoms with Gasteiger partial charge in [0.15, 0.2) is 0 Å². The van der Waals surface area contributed by atoms with Gasteiger partial charge in [-0.25, -0.2) is 0 Å². The number of nitrogens with zero attached hydrogens (tertiary/aromatic N) is 1. The minimum Gasteiger partial charge on any atom is -0.394 e. The van der Waals surface area contributed by atoms with Crippen molar-refractivity contribution in [1.29, 1.82) is 0 Å². The van der Waals surface area contributed by atoms with Crippen molar-refractivity contribution in [2.75, 3.05) is 13.7 Å². The Morgan fingerprint density at radius 3 is 2.33 bits per heavy atom. The van der Waals surface area contributed by atoms with Gasteiger partial charge in [-0.1, -0.05) is 19.3 Å². The first-order chi connectivity index (χ1) is 6.99. The second-order valence-electron chi connectivity index (χ2n) is 5.20. The smallest absolute Gasteiger partial charge is 0.225 e. The van der Waals surface area contributed by atoms with E-state index in [1.165, 1.54) is 19.3 Å². The van der Waals surface area contributed by atoms with Crippen LogP contribution in [0.15, 0.2) is 0 Å². The molecule has 3 heteroatoms. The molecule has 0 spiro atoms. The largest absolute Gasteiger partial charge is 0.394 e. The zero-order chi connectivity index (χ0) is 11.5. The number of aliphatic hydroxyl groups is 1. The number of carbonyl (C=O) groups excluding carboxylic acids is 1. The third-order valence-electron chi connectivity index (χ3n) is 3.58. The summed E-state index contributed by atoms with van der Waals surface area (Å²) in [7, 11) is 1.80. The number of carbonyl (C=O) groups is 1. The molecule has 0 aliphatic heterocycles. The minimum atomic E-state index is -0.436. The Balaban J connectivity index is 2.58. The normalized spacial score (nSPS) is 18.9. The van der Waals surface area contributed by atoms with Crippen LogP contribution in [-0.2, 0) is 4.79 Å². The Hall–Kier alpha value is -0.570. The molecule has 1 aliphatic rings. The molecule has 0 heterocycles. The summed E-state index contributed by atoms with van der Waals surface area (Å²) in [6, 6.07) is 0. The number of likely N-dealkylation sites (N-methyl/N-ethyl adjacent to an activating group) is 1. The summed E-state index contributed by atoms with van der Waals surface area (Å²) in [4.78, 5) is 13.8. The van der Waals surface area contributed by atoms with E-state index in [-0.39, 0.29) is 18.4 Å². The molecule has 0 aromatic heterocycles. The lowest BCUT2D eigenvalue weighted by Crippen LogP contribution is -2.50. The molecule has 0 bridgehead atoms. The second-order valence-corrected chi connectivity index (χ2v) is 5.20. The first-order valence-electron chi connectivity index (χ1n) is 5.87. The fraction of sp³-hybridized carbons (Fsp3) is 0.917. The summed E-state index contributed by atoms with van der Waals surface area (Å²) < 4.78 is 0. The van der Waals surface area contributed by atoms with Crippen LogP contribution in [0.2, 0.25) is 0 Å². The van der Waals surface area contributed by atoms with Gasteiger partial charge in [0.1, 0.15) is 0 Å². The summed E-state index contributed by atoms with van der Waals surface area (Å²) in [6.45, 7) is 3.81. The lowest BCUT2D eigenvalue weighted by molar-refractivity contribution is -0.141. The predicted molar refractivity (Wildman–Crippen MR) is 60.5 cm³/mol. The van der Waals surface area contributed by atoms with Gasteiger partial charge in [-0.3, -0.25) is 4.79 Å². The van der Waals surface area contributed by atoms with Gasteiger partial charge in [0, 0.05) is 13.0 Å². The molecule has 0 saturated heterocycles. The van der Waals surface area contributed by atoms with E-state index in [1.54, 1.807) is 11.9 Å². The molecule has 1 rings (SSSR count). The number of hydrogen-bond donors (Lipinski definition) is 1. The van der Waals surface area contributed by atoms with Crippen LogP contribution in [0.1, 0.15) is 46.0 Å². The van der Waals surface area contributed by atoms with Crippen LogP contribution in [0, 0.1) is 5.92 Å². The summed E-state index contributed by atoms with van der Waals surface area (Å²) in [6.07, 6.45) is 5.64. The van der Waals surface area contributed by atoms with Gasteiger partial charge in [0.05, 0.1) is 12.1 Å². The molecule has 0 atom stereocenters. The van der Waals surface area contributed by atoms with Crippen LogP contribution in [-0.4, -0.2) is 35.1 Å². The Morgan fingerprint density at radius 1 is 1.33 bits per heavy atom. The van der Waals surface area contributed by atoms with Crippen molar-refractivity contribution in [1.82, 2.24) is 4.90 Å². The Labute approximate surface area is 92.5 Å². The SMILES string of the molecule is CN(C(=O)C1CCCCC1)C(C)(C)CO. The maximum Gasteiger partial charge on any atom is 0.225 e. The molecular formula is C12H23NO2. The van der Waals surface area contributed by atoms with Crippen molar-refractivity contribution in [2.45, 2.75) is 51.5 Å². The number of aliphatic hydroxyl groups excluding tert-OH is 1. The maximum absolute atomic E-state index is 12.1. The molecule has 88 valence electrons. The van der Waals surface area contributed by atoms with Crippen molar-refractivity contribution in [3.63, 3.8) is 0 Å². The van der Waals surface area contributed by atoms with Crippen molar-refractivity contribution in [2.24, 2.45) is 5.92 Å². The van der Waals surface area contributed by atoms with E-state index in [2.05, 4.69) is 0 Å². The van der Waals surface area contributed by atoms with Gasteiger partial charge in [0.25, 0.3) is 0 Å². The van der Waals surface area contributed by atoms with E-state index in [4.69, 9.17) is 0 Å². The van der Waals surface area contributed by atoms with Crippen molar-refractivity contribution >= 4 is 5.91 Å². The van der Waals surface area contributed by atoms with E-state index in [0.29, 0.717) is 0 Å². The highest BCUT2D eigenvalue weighted by atomic mass is 16.3. The van der Waals surface area contributed by atoms with E-state index in [1.807, 2.05) is 13.8 Å². The standard InChI is InChI=1S/C12H23NO2/c1-12(2,9-14)13(3)11(15)10-7-5-4-6-8-10/h10,14H,4-9H2,1-3H3. The number of amides is 1. The molecule has 1 aliphatic carbocycles. The molecule has 15 heavy (non-hydrogen) atoms. The van der Waals surface area contributed by atoms with Crippen LogP contribution in [0.4, 0.5) is 0 Å². The third-order valence-corrected chi connectivity index (χ3v) is 3.58. The molecule has 0 unspecified atom stereocenters. The molecular weight excluding hydrogens is 190 g/mol. The lowest BCUT2D eigenvalue weighted by Gasteiger charge is -2.37. The highest BCUT2D eigenvalue weighted by Crippen LogP contribution is 2.27. The van der Waals surface area contributed by atoms with Gasteiger partial charge < -0.3 is 10.0 Å². The molecule has 1 amide bonds. The Bertz CT molecular complexity index is 220.